The Morgan fingerprint density at radius 2 is 2.33 bits per heavy atom. The van der Waals surface area contributed by atoms with E-state index in [1.54, 1.807) is 11.3 Å². The quantitative estimate of drug-likeness (QED) is 0.834. The second-order valence-corrected chi connectivity index (χ2v) is 5.56. The van der Waals surface area contributed by atoms with E-state index < -0.39 is 0 Å². The molecule has 0 aliphatic carbocycles. The zero-order chi connectivity index (χ0) is 10.8. The van der Waals surface area contributed by atoms with E-state index in [0.29, 0.717) is 0 Å². The predicted molar refractivity (Wildman–Crippen MR) is 62.1 cm³/mol. The second-order valence-electron chi connectivity index (χ2n) is 4.27. The Bertz CT molecular complexity index is 337. The first kappa shape index (κ1) is 11.0. The summed E-state index contributed by atoms with van der Waals surface area (Å²) in [4.78, 5) is 8.10. The van der Waals surface area contributed by atoms with Crippen LogP contribution in [0.3, 0.4) is 0 Å². The van der Waals surface area contributed by atoms with Crippen LogP contribution in [0.5, 0.6) is 0 Å². The van der Waals surface area contributed by atoms with Gasteiger partial charge in [-0.2, -0.15) is 0 Å². The summed E-state index contributed by atoms with van der Waals surface area (Å²) >= 11 is 1.77. The SMILES string of the molecule is Cc1nc(C)c(CN2CCC[C@H](O)C2)s1. The van der Waals surface area contributed by atoms with Crippen molar-refractivity contribution in [1.82, 2.24) is 9.88 Å². The number of β-amino-alcohol motifs (C(OH)–C–C–N with tert-alkyl or cyclic N) is 1. The summed E-state index contributed by atoms with van der Waals surface area (Å²) < 4.78 is 0. The van der Waals surface area contributed by atoms with Gasteiger partial charge in [0, 0.05) is 18.0 Å². The highest BCUT2D eigenvalue weighted by Gasteiger charge is 2.19. The van der Waals surface area contributed by atoms with Gasteiger partial charge in [-0.05, 0) is 33.2 Å². The van der Waals surface area contributed by atoms with Gasteiger partial charge >= 0.3 is 0 Å². The summed E-state index contributed by atoms with van der Waals surface area (Å²) in [6.45, 7) is 6.99. The van der Waals surface area contributed by atoms with Gasteiger partial charge in [0.2, 0.25) is 0 Å². The second kappa shape index (κ2) is 4.60. The van der Waals surface area contributed by atoms with E-state index in [-0.39, 0.29) is 6.10 Å². The summed E-state index contributed by atoms with van der Waals surface area (Å²) in [5.41, 5.74) is 1.15. The van der Waals surface area contributed by atoms with Crippen LogP contribution in [0.2, 0.25) is 0 Å². The molecule has 3 nitrogen and oxygen atoms in total. The Hall–Kier alpha value is -0.450. The fraction of sp³-hybridized carbons (Fsp3) is 0.727. The van der Waals surface area contributed by atoms with Crippen molar-refractivity contribution in [2.45, 2.75) is 39.3 Å². The van der Waals surface area contributed by atoms with E-state index in [1.807, 2.05) is 6.92 Å². The molecule has 0 spiro atoms. The highest BCUT2D eigenvalue weighted by atomic mass is 32.1. The molecule has 0 bridgehead atoms. The molecule has 0 radical (unpaired) electrons. The number of piperidine rings is 1. The monoisotopic (exact) mass is 226 g/mol. The fourth-order valence-corrected chi connectivity index (χ4v) is 3.08. The molecule has 1 aromatic rings. The van der Waals surface area contributed by atoms with Crippen molar-refractivity contribution in [2.75, 3.05) is 13.1 Å². The van der Waals surface area contributed by atoms with Gasteiger partial charge in [-0.3, -0.25) is 4.90 Å². The van der Waals surface area contributed by atoms with E-state index >= 15 is 0 Å². The third-order valence-corrected chi connectivity index (χ3v) is 3.91. The topological polar surface area (TPSA) is 36.4 Å². The van der Waals surface area contributed by atoms with Crippen LogP contribution in [0, 0.1) is 13.8 Å². The number of nitrogens with zero attached hydrogens (tertiary/aromatic N) is 2. The number of rotatable bonds is 2. The molecule has 1 fully saturated rings. The maximum absolute atomic E-state index is 9.58. The summed E-state index contributed by atoms with van der Waals surface area (Å²) in [6.07, 6.45) is 1.93. The molecular weight excluding hydrogens is 208 g/mol. The Kier molecular flexibility index (Phi) is 3.38. The normalized spacial score (nSPS) is 23.3. The van der Waals surface area contributed by atoms with Crippen LogP contribution in [-0.2, 0) is 6.54 Å². The van der Waals surface area contributed by atoms with Crippen molar-refractivity contribution < 1.29 is 5.11 Å². The Morgan fingerprint density at radius 1 is 1.53 bits per heavy atom. The number of aliphatic hydroxyl groups is 1. The van der Waals surface area contributed by atoms with E-state index in [1.165, 1.54) is 4.88 Å². The lowest BCUT2D eigenvalue weighted by Gasteiger charge is -2.29. The number of likely N-dealkylation sites (tertiary alicyclic amines) is 1. The molecule has 15 heavy (non-hydrogen) atoms. The van der Waals surface area contributed by atoms with Crippen LogP contribution in [0.4, 0.5) is 0 Å². The van der Waals surface area contributed by atoms with Crippen molar-refractivity contribution in [3.8, 4) is 0 Å². The van der Waals surface area contributed by atoms with Gasteiger partial charge in [-0.1, -0.05) is 0 Å². The van der Waals surface area contributed by atoms with Crippen molar-refractivity contribution in [2.24, 2.45) is 0 Å². The zero-order valence-corrected chi connectivity index (χ0v) is 10.2. The molecule has 1 aromatic heterocycles. The number of hydrogen-bond acceptors (Lipinski definition) is 4. The number of hydrogen-bond donors (Lipinski definition) is 1. The Morgan fingerprint density at radius 3 is 2.93 bits per heavy atom. The molecule has 0 unspecified atom stereocenters. The summed E-state index contributed by atoms with van der Waals surface area (Å²) in [6, 6.07) is 0. The molecule has 0 aromatic carbocycles. The maximum Gasteiger partial charge on any atom is 0.0900 e. The fourth-order valence-electron chi connectivity index (χ4n) is 2.10. The number of thiazole rings is 1. The molecule has 1 aliphatic heterocycles. The Balaban J connectivity index is 1.99. The van der Waals surface area contributed by atoms with Crippen LogP contribution < -0.4 is 0 Å². The van der Waals surface area contributed by atoms with Crippen molar-refractivity contribution in [3.05, 3.63) is 15.6 Å². The minimum atomic E-state index is -0.131. The molecule has 1 N–H and O–H groups in total. The molecule has 84 valence electrons. The highest BCUT2D eigenvalue weighted by Crippen LogP contribution is 2.21. The third-order valence-electron chi connectivity index (χ3n) is 2.85. The predicted octanol–water partition coefficient (Wildman–Crippen LogP) is 1.72. The summed E-state index contributed by atoms with van der Waals surface area (Å²) in [5, 5.41) is 10.7. The maximum atomic E-state index is 9.58. The van der Waals surface area contributed by atoms with Gasteiger partial charge < -0.3 is 5.11 Å². The molecule has 1 atom stereocenters. The molecule has 0 amide bonds. The van der Waals surface area contributed by atoms with Gasteiger partial charge in [0.05, 0.1) is 16.8 Å². The van der Waals surface area contributed by atoms with Crippen molar-refractivity contribution >= 4 is 11.3 Å². The van der Waals surface area contributed by atoms with Crippen molar-refractivity contribution in [1.29, 1.82) is 0 Å². The molecule has 0 saturated carbocycles. The van der Waals surface area contributed by atoms with Crippen LogP contribution in [-0.4, -0.2) is 34.2 Å². The minimum absolute atomic E-state index is 0.131. The number of aryl methyl sites for hydroxylation is 2. The molecule has 2 heterocycles. The molecule has 1 saturated heterocycles. The van der Waals surface area contributed by atoms with Crippen LogP contribution in [0.25, 0.3) is 0 Å². The molecule has 1 aliphatic rings. The van der Waals surface area contributed by atoms with Crippen LogP contribution in [0.15, 0.2) is 0 Å². The number of aliphatic hydroxyl groups excluding tert-OH is 1. The largest absolute Gasteiger partial charge is 0.392 e. The van der Waals surface area contributed by atoms with E-state index in [2.05, 4.69) is 16.8 Å². The van der Waals surface area contributed by atoms with E-state index in [9.17, 15) is 5.11 Å². The van der Waals surface area contributed by atoms with Crippen molar-refractivity contribution in [3.63, 3.8) is 0 Å². The first-order valence-corrected chi connectivity index (χ1v) is 6.30. The first-order chi connectivity index (χ1) is 7.15. The molecule has 2 rings (SSSR count). The summed E-state index contributed by atoms with van der Waals surface area (Å²) in [5.74, 6) is 0. The van der Waals surface area contributed by atoms with E-state index in [0.717, 1.165) is 43.2 Å². The van der Waals surface area contributed by atoms with Gasteiger partial charge in [0.15, 0.2) is 0 Å². The average molecular weight is 226 g/mol. The third kappa shape index (κ3) is 2.77. The Labute approximate surface area is 94.8 Å². The standard InChI is InChI=1S/C11H18N2OS/c1-8-11(15-9(2)12-8)7-13-5-3-4-10(14)6-13/h10,14H,3-7H2,1-2H3/t10-/m0/s1. The highest BCUT2D eigenvalue weighted by molar-refractivity contribution is 7.11. The van der Waals surface area contributed by atoms with E-state index in [4.69, 9.17) is 0 Å². The lowest BCUT2D eigenvalue weighted by atomic mass is 10.1. The zero-order valence-electron chi connectivity index (χ0n) is 9.36. The van der Waals surface area contributed by atoms with Gasteiger partial charge in [0.1, 0.15) is 0 Å². The van der Waals surface area contributed by atoms with Crippen LogP contribution in [0.1, 0.15) is 28.4 Å². The summed E-state index contributed by atoms with van der Waals surface area (Å²) in [7, 11) is 0. The number of aromatic nitrogens is 1. The molecule has 4 heteroatoms. The van der Waals surface area contributed by atoms with Gasteiger partial charge in [-0.15, -0.1) is 11.3 Å². The van der Waals surface area contributed by atoms with Gasteiger partial charge in [0.25, 0.3) is 0 Å². The average Bonchev–Trinajstić information content (AvgIpc) is 2.45. The lowest BCUT2D eigenvalue weighted by molar-refractivity contribution is 0.0672. The molecular formula is C11H18N2OS. The first-order valence-electron chi connectivity index (χ1n) is 5.48. The smallest absolute Gasteiger partial charge is 0.0900 e. The van der Waals surface area contributed by atoms with Gasteiger partial charge in [-0.25, -0.2) is 4.98 Å². The minimum Gasteiger partial charge on any atom is -0.392 e. The van der Waals surface area contributed by atoms with Crippen LogP contribution >= 0.6 is 11.3 Å². The lowest BCUT2D eigenvalue weighted by Crippen LogP contribution is -2.37.